The van der Waals surface area contributed by atoms with Crippen LogP contribution in [0.2, 0.25) is 0 Å². The number of carbonyl (C=O) groups excluding carboxylic acids is 1. The summed E-state index contributed by atoms with van der Waals surface area (Å²) in [6, 6.07) is 10.1. The summed E-state index contributed by atoms with van der Waals surface area (Å²) in [5, 5.41) is 0. The topological polar surface area (TPSA) is 42.4 Å². The molecule has 6 heteroatoms. The Balaban J connectivity index is 1.71. The normalized spacial score (nSPS) is 10.4. The lowest BCUT2D eigenvalue weighted by Crippen LogP contribution is -2.27. The van der Waals surface area contributed by atoms with Crippen LogP contribution in [0.3, 0.4) is 0 Å². The molecule has 4 nitrogen and oxygen atoms in total. The average molecular weight is 396 g/mol. The van der Waals surface area contributed by atoms with Crippen LogP contribution in [-0.4, -0.2) is 24.5 Å². The fraction of sp³-hybridized carbons (Fsp3) is 0.273. The van der Waals surface area contributed by atoms with Gasteiger partial charge in [0.15, 0.2) is 11.6 Å². The molecule has 1 heterocycles. The van der Waals surface area contributed by atoms with Gasteiger partial charge in [-0.05, 0) is 50.1 Å². The molecular weight excluding hydrogens is 375 g/mol. The zero-order valence-corrected chi connectivity index (χ0v) is 16.7. The van der Waals surface area contributed by atoms with Crippen LogP contribution >= 0.6 is 11.3 Å². The van der Waals surface area contributed by atoms with Gasteiger partial charge in [-0.1, -0.05) is 6.07 Å². The van der Waals surface area contributed by atoms with Crippen LogP contribution in [-0.2, 0) is 0 Å². The second-order valence-electron chi connectivity index (χ2n) is 6.22. The summed E-state index contributed by atoms with van der Waals surface area (Å²) in [5.41, 5.74) is 3.25. The van der Waals surface area contributed by atoms with Gasteiger partial charge in [-0.15, -0.1) is 23.2 Å². The lowest BCUT2D eigenvalue weighted by atomic mass is 10.1. The van der Waals surface area contributed by atoms with Crippen molar-refractivity contribution in [1.29, 1.82) is 0 Å². The minimum atomic E-state index is -0.537. The van der Waals surface area contributed by atoms with E-state index < -0.39 is 5.82 Å². The Morgan fingerprint density at radius 2 is 2.14 bits per heavy atom. The highest BCUT2D eigenvalue weighted by Crippen LogP contribution is 2.28. The molecule has 1 amide bonds. The summed E-state index contributed by atoms with van der Waals surface area (Å²) in [6.07, 6.45) is 2.51. The van der Waals surface area contributed by atoms with Gasteiger partial charge in [0, 0.05) is 19.0 Å². The number of amides is 1. The van der Waals surface area contributed by atoms with Gasteiger partial charge in [0.25, 0.3) is 5.91 Å². The molecule has 0 saturated carbocycles. The van der Waals surface area contributed by atoms with Crippen molar-refractivity contribution < 1.29 is 13.9 Å². The molecule has 0 unspecified atom stereocenters. The molecule has 0 N–H and O–H groups in total. The molecule has 0 spiro atoms. The highest BCUT2D eigenvalue weighted by atomic mass is 32.1. The molecule has 0 atom stereocenters. The maximum absolute atomic E-state index is 14.9. The van der Waals surface area contributed by atoms with E-state index in [0.29, 0.717) is 12.2 Å². The number of hydrogen-bond donors (Lipinski definition) is 0. The van der Waals surface area contributed by atoms with E-state index in [0.717, 1.165) is 29.5 Å². The Bertz CT molecular complexity index is 1040. The molecule has 28 heavy (non-hydrogen) atoms. The van der Waals surface area contributed by atoms with Crippen molar-refractivity contribution in [1.82, 2.24) is 4.98 Å². The van der Waals surface area contributed by atoms with Crippen LogP contribution < -0.4 is 9.64 Å². The molecule has 0 aliphatic rings. The van der Waals surface area contributed by atoms with Gasteiger partial charge < -0.3 is 9.64 Å². The largest absolute Gasteiger partial charge is 0.490 e. The van der Waals surface area contributed by atoms with E-state index in [9.17, 15) is 9.18 Å². The van der Waals surface area contributed by atoms with Crippen LogP contribution in [0, 0.1) is 17.7 Å². The molecule has 0 aliphatic heterocycles. The van der Waals surface area contributed by atoms with Crippen molar-refractivity contribution in [3.8, 4) is 17.6 Å². The molecule has 1 aromatic heterocycles. The fourth-order valence-electron chi connectivity index (χ4n) is 2.78. The summed E-state index contributed by atoms with van der Waals surface area (Å²) < 4.78 is 21.4. The molecule has 3 aromatic rings. The third-order valence-electron chi connectivity index (χ3n) is 4.32. The molecule has 0 radical (unpaired) electrons. The maximum atomic E-state index is 14.9. The molecule has 0 fully saturated rings. The third-order valence-corrected chi connectivity index (χ3v) is 5.11. The number of halogens is 1. The van der Waals surface area contributed by atoms with Gasteiger partial charge in [0.1, 0.15) is 0 Å². The zero-order chi connectivity index (χ0) is 19.9. The smallest absolute Gasteiger partial charge is 0.258 e. The van der Waals surface area contributed by atoms with Crippen LogP contribution in [0.5, 0.6) is 5.75 Å². The van der Waals surface area contributed by atoms with Crippen molar-refractivity contribution in [3.63, 3.8) is 0 Å². The van der Waals surface area contributed by atoms with Crippen LogP contribution in [0.4, 0.5) is 10.1 Å². The summed E-state index contributed by atoms with van der Waals surface area (Å²) in [6.45, 7) is 2.22. The second-order valence-corrected chi connectivity index (χ2v) is 7.11. The summed E-state index contributed by atoms with van der Waals surface area (Å²) >= 11 is 1.46. The van der Waals surface area contributed by atoms with Gasteiger partial charge in [-0.3, -0.25) is 4.79 Å². The number of fused-ring (bicyclic) bond motifs is 1. The van der Waals surface area contributed by atoms with Crippen molar-refractivity contribution >= 4 is 33.1 Å². The summed E-state index contributed by atoms with van der Waals surface area (Å²) in [4.78, 5) is 18.3. The van der Waals surface area contributed by atoms with E-state index in [4.69, 9.17) is 4.74 Å². The van der Waals surface area contributed by atoms with Crippen molar-refractivity contribution in [2.45, 2.75) is 26.2 Å². The highest BCUT2D eigenvalue weighted by Gasteiger charge is 2.19. The first-order valence-corrected chi connectivity index (χ1v) is 9.92. The van der Waals surface area contributed by atoms with Crippen LogP contribution in [0.25, 0.3) is 10.2 Å². The predicted molar refractivity (Wildman–Crippen MR) is 112 cm³/mol. The summed E-state index contributed by atoms with van der Waals surface area (Å²) in [5.74, 6) is 5.16. The maximum Gasteiger partial charge on any atom is 0.258 e. The second kappa shape index (κ2) is 9.34. The number of rotatable bonds is 7. The fourth-order valence-corrected chi connectivity index (χ4v) is 3.50. The first-order chi connectivity index (χ1) is 13.6. The average Bonchev–Trinajstić information content (AvgIpc) is 3.18. The van der Waals surface area contributed by atoms with Gasteiger partial charge >= 0.3 is 0 Å². The number of nitrogens with zero attached hydrogens (tertiary/aromatic N) is 2. The monoisotopic (exact) mass is 396 g/mol. The molecule has 0 bridgehead atoms. The molecular formula is C22H21FN2O2S. The number of anilines is 1. The number of thiazole rings is 1. The van der Waals surface area contributed by atoms with Crippen molar-refractivity contribution in [2.24, 2.45) is 0 Å². The first-order valence-electron chi connectivity index (χ1n) is 9.04. The van der Waals surface area contributed by atoms with Gasteiger partial charge in [-0.2, -0.15) is 0 Å². The molecule has 0 aliphatic carbocycles. The number of carbonyl (C=O) groups is 1. The quantitative estimate of drug-likeness (QED) is 0.403. The molecule has 2 aromatic carbocycles. The summed E-state index contributed by atoms with van der Waals surface area (Å²) in [7, 11) is 1.56. The number of benzene rings is 2. The van der Waals surface area contributed by atoms with E-state index in [-0.39, 0.29) is 17.3 Å². The van der Waals surface area contributed by atoms with E-state index in [1.807, 2.05) is 6.92 Å². The van der Waals surface area contributed by atoms with E-state index >= 15 is 0 Å². The Hall–Kier alpha value is -2.91. The zero-order valence-electron chi connectivity index (χ0n) is 15.9. The van der Waals surface area contributed by atoms with E-state index in [2.05, 4.69) is 16.8 Å². The lowest BCUT2D eigenvalue weighted by molar-refractivity contribution is 0.0992. The SMILES string of the molecule is CC#CCCCCOc1cccc(N(C)C(=O)c2ccc3ncsc3c2)c1F. The third kappa shape index (κ3) is 4.49. The number of hydrogen-bond acceptors (Lipinski definition) is 4. The first kappa shape index (κ1) is 19.8. The lowest BCUT2D eigenvalue weighted by Gasteiger charge is -2.19. The Labute approximate surface area is 168 Å². The van der Waals surface area contributed by atoms with Gasteiger partial charge in [0.05, 0.1) is 28.0 Å². The van der Waals surface area contributed by atoms with E-state index in [1.165, 1.54) is 16.2 Å². The van der Waals surface area contributed by atoms with Crippen molar-refractivity contribution in [2.75, 3.05) is 18.6 Å². The minimum Gasteiger partial charge on any atom is -0.490 e. The van der Waals surface area contributed by atoms with Crippen LogP contribution in [0.15, 0.2) is 41.9 Å². The van der Waals surface area contributed by atoms with Gasteiger partial charge in [-0.25, -0.2) is 9.37 Å². The van der Waals surface area contributed by atoms with E-state index in [1.54, 1.807) is 49.0 Å². The Morgan fingerprint density at radius 1 is 1.29 bits per heavy atom. The number of ether oxygens (including phenoxy) is 1. The Morgan fingerprint density at radius 3 is 2.96 bits per heavy atom. The molecule has 3 rings (SSSR count). The van der Waals surface area contributed by atoms with Crippen LogP contribution in [0.1, 0.15) is 36.5 Å². The number of unbranched alkanes of at least 4 members (excludes halogenated alkanes) is 2. The van der Waals surface area contributed by atoms with Gasteiger partial charge in [0.2, 0.25) is 0 Å². The minimum absolute atomic E-state index is 0.150. The Kier molecular flexibility index (Phi) is 6.62. The van der Waals surface area contributed by atoms with Crippen molar-refractivity contribution in [3.05, 3.63) is 53.3 Å². The number of aromatic nitrogens is 1. The highest BCUT2D eigenvalue weighted by molar-refractivity contribution is 7.16. The predicted octanol–water partition coefficient (Wildman–Crippen LogP) is 5.28. The molecule has 0 saturated heterocycles. The molecule has 144 valence electrons. The standard InChI is InChI=1S/C22H21FN2O2S/c1-3-4-5-6-7-13-27-19-10-8-9-18(21(19)23)25(2)22(26)16-11-12-17-20(14-16)28-15-24-17/h8-12,14-15H,5-7,13H2,1-2H3.